The zero-order valence-electron chi connectivity index (χ0n) is 14.4. The van der Waals surface area contributed by atoms with Crippen molar-refractivity contribution >= 4 is 29.9 Å². The molecule has 2 heterocycles. The van der Waals surface area contributed by atoms with Crippen LogP contribution in [0.5, 0.6) is 0 Å². The van der Waals surface area contributed by atoms with Gasteiger partial charge in [-0.15, -0.1) is 24.0 Å². The fourth-order valence-electron chi connectivity index (χ4n) is 3.96. The topological polar surface area (TPSA) is 45.5 Å². The smallest absolute Gasteiger partial charge is 0.194 e. The summed E-state index contributed by atoms with van der Waals surface area (Å²) in [6, 6.07) is 2.04. The Morgan fingerprint density at radius 2 is 2.09 bits per heavy atom. The first-order valence-corrected chi connectivity index (χ1v) is 8.73. The van der Waals surface area contributed by atoms with Crippen LogP contribution in [0.2, 0.25) is 0 Å². The fourth-order valence-corrected chi connectivity index (χ4v) is 3.96. The second kappa shape index (κ2) is 8.35. The summed E-state index contributed by atoms with van der Waals surface area (Å²) in [5, 5.41) is 7.69. The molecule has 1 saturated carbocycles. The van der Waals surface area contributed by atoms with Gasteiger partial charge in [0.15, 0.2) is 5.96 Å². The van der Waals surface area contributed by atoms with Gasteiger partial charge < -0.3 is 10.2 Å². The molecule has 23 heavy (non-hydrogen) atoms. The highest BCUT2D eigenvalue weighted by atomic mass is 127. The summed E-state index contributed by atoms with van der Waals surface area (Å²) in [6.07, 6.45) is 10.2. The molecule has 1 saturated heterocycles. The van der Waals surface area contributed by atoms with E-state index in [1.54, 1.807) is 0 Å². The van der Waals surface area contributed by atoms with Gasteiger partial charge in [-0.05, 0) is 37.7 Å². The molecule has 1 aliphatic heterocycles. The van der Waals surface area contributed by atoms with Crippen LogP contribution < -0.4 is 5.32 Å². The number of nitrogens with one attached hydrogen (secondary N) is 1. The van der Waals surface area contributed by atoms with E-state index >= 15 is 0 Å². The average molecular weight is 431 g/mol. The van der Waals surface area contributed by atoms with E-state index in [4.69, 9.17) is 4.99 Å². The Bertz CT molecular complexity index is 519. The number of hydrogen-bond acceptors (Lipinski definition) is 2. The van der Waals surface area contributed by atoms with Crippen molar-refractivity contribution in [3.63, 3.8) is 0 Å². The molecule has 1 N–H and O–H groups in total. The highest BCUT2D eigenvalue weighted by Crippen LogP contribution is 2.43. The van der Waals surface area contributed by atoms with E-state index in [1.807, 2.05) is 24.0 Å². The van der Waals surface area contributed by atoms with Crippen LogP contribution in [0, 0.1) is 5.41 Å². The molecule has 6 heteroatoms. The predicted molar refractivity (Wildman–Crippen MR) is 105 cm³/mol. The van der Waals surface area contributed by atoms with Gasteiger partial charge in [-0.1, -0.05) is 19.3 Å². The summed E-state index contributed by atoms with van der Waals surface area (Å²) in [7, 11) is 1.98. The first kappa shape index (κ1) is 18.5. The molecule has 130 valence electrons. The molecule has 3 rings (SSSR count). The zero-order valence-corrected chi connectivity index (χ0v) is 16.8. The molecule has 1 aliphatic carbocycles. The fraction of sp³-hybridized carbons (Fsp3) is 0.765. The molecule has 1 aromatic heterocycles. The minimum Gasteiger partial charge on any atom is -0.357 e. The molecule has 0 radical (unpaired) electrons. The van der Waals surface area contributed by atoms with Gasteiger partial charge in [0, 0.05) is 32.9 Å². The molecule has 5 nitrogen and oxygen atoms in total. The van der Waals surface area contributed by atoms with Crippen LogP contribution >= 0.6 is 24.0 Å². The summed E-state index contributed by atoms with van der Waals surface area (Å²) in [5.41, 5.74) is 1.73. The minimum atomic E-state index is 0. The second-order valence-electron chi connectivity index (χ2n) is 6.85. The predicted octanol–water partition coefficient (Wildman–Crippen LogP) is 3.16. The van der Waals surface area contributed by atoms with Crippen molar-refractivity contribution in [2.75, 3.05) is 19.6 Å². The van der Waals surface area contributed by atoms with Crippen molar-refractivity contribution in [1.82, 2.24) is 20.0 Å². The lowest BCUT2D eigenvalue weighted by molar-refractivity contribution is 0.203. The maximum atomic E-state index is 4.85. The third kappa shape index (κ3) is 4.39. The standard InChI is InChI=1S/C17H29N5.HI/c1-3-18-16(19-13-15-7-11-20-21(15)2)22-12-10-17(14-22)8-5-4-6-9-17;/h7,11H,3-6,8-10,12-14H2,1-2H3,(H,18,19);1H. The maximum Gasteiger partial charge on any atom is 0.194 e. The Hall–Kier alpha value is -0.790. The van der Waals surface area contributed by atoms with Crippen molar-refractivity contribution in [2.45, 2.75) is 52.0 Å². The molecule has 1 spiro atoms. The molecule has 0 atom stereocenters. The van der Waals surface area contributed by atoms with E-state index in [1.165, 1.54) is 45.1 Å². The molecule has 0 aromatic carbocycles. The lowest BCUT2D eigenvalue weighted by atomic mass is 9.73. The molecule has 0 bridgehead atoms. The number of likely N-dealkylation sites (tertiary alicyclic amines) is 1. The summed E-state index contributed by atoms with van der Waals surface area (Å²) >= 11 is 0. The van der Waals surface area contributed by atoms with E-state index in [2.05, 4.69) is 22.2 Å². The normalized spacial score (nSPS) is 20.6. The summed E-state index contributed by atoms with van der Waals surface area (Å²) in [4.78, 5) is 7.32. The monoisotopic (exact) mass is 431 g/mol. The lowest BCUT2D eigenvalue weighted by Gasteiger charge is -2.33. The number of rotatable bonds is 3. The van der Waals surface area contributed by atoms with Crippen LogP contribution in [0.15, 0.2) is 17.3 Å². The van der Waals surface area contributed by atoms with E-state index in [0.29, 0.717) is 12.0 Å². The highest BCUT2D eigenvalue weighted by Gasteiger charge is 2.39. The minimum absolute atomic E-state index is 0. The Labute approximate surface area is 156 Å². The third-order valence-electron chi connectivity index (χ3n) is 5.30. The van der Waals surface area contributed by atoms with E-state index in [-0.39, 0.29) is 24.0 Å². The molecule has 1 aromatic rings. The summed E-state index contributed by atoms with van der Waals surface area (Å²) in [6.45, 7) is 6.10. The molecule has 0 amide bonds. The largest absolute Gasteiger partial charge is 0.357 e. The molecular weight excluding hydrogens is 401 g/mol. The van der Waals surface area contributed by atoms with E-state index in [0.717, 1.165) is 24.7 Å². The van der Waals surface area contributed by atoms with Gasteiger partial charge in [-0.3, -0.25) is 4.68 Å². The number of aryl methyl sites for hydroxylation is 1. The Morgan fingerprint density at radius 3 is 2.74 bits per heavy atom. The zero-order chi connectivity index (χ0) is 15.4. The van der Waals surface area contributed by atoms with Crippen LogP contribution in [0.1, 0.15) is 51.1 Å². The molecular formula is C17H30IN5. The van der Waals surface area contributed by atoms with Gasteiger partial charge in [0.05, 0.1) is 12.2 Å². The van der Waals surface area contributed by atoms with Crippen molar-refractivity contribution < 1.29 is 0 Å². The quantitative estimate of drug-likeness (QED) is 0.455. The Morgan fingerprint density at radius 1 is 1.30 bits per heavy atom. The van der Waals surface area contributed by atoms with Gasteiger partial charge in [-0.25, -0.2) is 4.99 Å². The van der Waals surface area contributed by atoms with Crippen LogP contribution in [0.3, 0.4) is 0 Å². The summed E-state index contributed by atoms with van der Waals surface area (Å²) in [5.74, 6) is 1.08. The van der Waals surface area contributed by atoms with E-state index in [9.17, 15) is 0 Å². The number of aliphatic imine (C=N–C) groups is 1. The first-order chi connectivity index (χ1) is 10.7. The molecule has 0 unspecified atom stereocenters. The van der Waals surface area contributed by atoms with Crippen molar-refractivity contribution in [1.29, 1.82) is 0 Å². The summed E-state index contributed by atoms with van der Waals surface area (Å²) < 4.78 is 1.90. The van der Waals surface area contributed by atoms with Crippen LogP contribution in [-0.2, 0) is 13.6 Å². The number of nitrogens with zero attached hydrogens (tertiary/aromatic N) is 4. The number of aromatic nitrogens is 2. The van der Waals surface area contributed by atoms with Gasteiger partial charge in [0.1, 0.15) is 0 Å². The first-order valence-electron chi connectivity index (χ1n) is 8.73. The van der Waals surface area contributed by atoms with Crippen LogP contribution in [0.4, 0.5) is 0 Å². The number of guanidine groups is 1. The number of halogens is 1. The molecule has 2 fully saturated rings. The third-order valence-corrected chi connectivity index (χ3v) is 5.30. The van der Waals surface area contributed by atoms with E-state index < -0.39 is 0 Å². The van der Waals surface area contributed by atoms with Crippen molar-refractivity contribution in [3.05, 3.63) is 18.0 Å². The Kier molecular flexibility index (Phi) is 6.73. The van der Waals surface area contributed by atoms with Gasteiger partial charge in [0.25, 0.3) is 0 Å². The van der Waals surface area contributed by atoms with Crippen molar-refractivity contribution in [3.8, 4) is 0 Å². The molecule has 2 aliphatic rings. The van der Waals surface area contributed by atoms with Gasteiger partial charge in [-0.2, -0.15) is 5.10 Å². The Balaban J connectivity index is 0.00000192. The number of hydrogen-bond donors (Lipinski definition) is 1. The SMILES string of the molecule is CCNC(=NCc1ccnn1C)N1CCC2(CCCCC2)C1.I. The van der Waals surface area contributed by atoms with Gasteiger partial charge >= 0.3 is 0 Å². The second-order valence-corrected chi connectivity index (χ2v) is 6.85. The van der Waals surface area contributed by atoms with Crippen LogP contribution in [0.25, 0.3) is 0 Å². The van der Waals surface area contributed by atoms with Crippen molar-refractivity contribution in [2.24, 2.45) is 17.5 Å². The van der Waals surface area contributed by atoms with Gasteiger partial charge in [0.2, 0.25) is 0 Å². The highest BCUT2D eigenvalue weighted by molar-refractivity contribution is 14.0. The maximum absolute atomic E-state index is 4.85. The average Bonchev–Trinajstić information content (AvgIpc) is 3.12. The van der Waals surface area contributed by atoms with Crippen LogP contribution in [-0.4, -0.2) is 40.3 Å². The lowest BCUT2D eigenvalue weighted by Crippen LogP contribution is -2.41.